The monoisotopic (exact) mass is 287 g/mol. The van der Waals surface area contributed by atoms with Gasteiger partial charge in [0.25, 0.3) is 0 Å². The molecule has 21 heavy (non-hydrogen) atoms. The molecule has 0 aliphatic rings. The lowest BCUT2D eigenvalue weighted by Crippen LogP contribution is -2.20. The summed E-state index contributed by atoms with van der Waals surface area (Å²) in [5, 5.41) is 2.82. The number of hydrogen-bond donors (Lipinski definition) is 1. The average molecular weight is 287 g/mol. The smallest absolute Gasteiger partial charge is 0.244 e. The molecule has 0 saturated heterocycles. The zero-order chi connectivity index (χ0) is 15.4. The van der Waals surface area contributed by atoms with Gasteiger partial charge in [-0.2, -0.15) is 0 Å². The molecule has 1 amide bonds. The molecule has 2 rings (SSSR count). The molecule has 0 saturated carbocycles. The molecule has 0 fully saturated rings. The van der Waals surface area contributed by atoms with Crippen LogP contribution in [0.15, 0.2) is 40.8 Å². The highest BCUT2D eigenvalue weighted by Gasteiger charge is 2.06. The van der Waals surface area contributed by atoms with Crippen LogP contribution >= 0.6 is 0 Å². The van der Waals surface area contributed by atoms with Gasteiger partial charge in [0, 0.05) is 18.2 Å². The van der Waals surface area contributed by atoms with Crippen LogP contribution in [0.3, 0.4) is 0 Å². The van der Waals surface area contributed by atoms with Gasteiger partial charge in [-0.3, -0.25) is 4.79 Å². The lowest BCUT2D eigenvalue weighted by molar-refractivity contribution is -0.116. The van der Waals surface area contributed by atoms with E-state index in [0.717, 1.165) is 28.2 Å². The van der Waals surface area contributed by atoms with Crippen LogP contribution < -0.4 is 5.32 Å². The van der Waals surface area contributed by atoms with Gasteiger partial charge in [-0.15, -0.1) is 0 Å². The van der Waals surface area contributed by atoms with Gasteiger partial charge in [-0.1, -0.05) is 12.1 Å². The Kier molecular flexibility index (Phi) is 4.58. The Morgan fingerprint density at radius 2 is 1.95 bits per heavy atom. The predicted molar refractivity (Wildman–Crippen MR) is 80.1 cm³/mol. The van der Waals surface area contributed by atoms with E-state index in [-0.39, 0.29) is 11.7 Å². The number of carbonyl (C=O) groups excluding carboxylic acids is 1. The Bertz CT molecular complexity index is 669. The van der Waals surface area contributed by atoms with Gasteiger partial charge in [0.05, 0.1) is 0 Å². The molecule has 0 aliphatic carbocycles. The number of allylic oxidation sites excluding steroid dienone is 1. The van der Waals surface area contributed by atoms with Crippen molar-refractivity contribution in [3.05, 3.63) is 64.9 Å². The first-order valence-electron chi connectivity index (χ1n) is 6.73. The van der Waals surface area contributed by atoms with Gasteiger partial charge in [-0.25, -0.2) is 4.39 Å². The summed E-state index contributed by atoms with van der Waals surface area (Å²) in [5.74, 6) is 1.17. The highest BCUT2D eigenvalue weighted by atomic mass is 19.1. The van der Waals surface area contributed by atoms with Crippen molar-refractivity contribution < 1.29 is 13.6 Å². The maximum atomic E-state index is 12.9. The number of halogens is 1. The van der Waals surface area contributed by atoms with E-state index in [1.54, 1.807) is 12.1 Å². The average Bonchev–Trinajstić information content (AvgIpc) is 2.75. The second-order valence-electron chi connectivity index (χ2n) is 4.99. The quantitative estimate of drug-likeness (QED) is 0.870. The predicted octanol–water partition coefficient (Wildman–Crippen LogP) is 3.76. The van der Waals surface area contributed by atoms with Gasteiger partial charge in [0.2, 0.25) is 5.91 Å². The molecule has 2 aromatic rings. The minimum absolute atomic E-state index is 0.185. The van der Waals surface area contributed by atoms with Crippen molar-refractivity contribution in [3.8, 4) is 0 Å². The van der Waals surface area contributed by atoms with Crippen molar-refractivity contribution >= 4 is 11.5 Å². The number of benzene rings is 1. The number of rotatable bonds is 4. The molecule has 1 heterocycles. The zero-order valence-electron chi connectivity index (χ0n) is 12.4. The van der Waals surface area contributed by atoms with E-state index in [1.807, 2.05) is 26.8 Å². The molecule has 4 heteroatoms. The topological polar surface area (TPSA) is 42.2 Å². The standard InChI is InChI=1S/C17H18FNO2/c1-11(14-4-6-16(18)7-5-14)8-17(20)19-10-15-9-12(2)21-13(15)3/h4-9H,10H2,1-3H3,(H,19,20)/b11-8-. The van der Waals surface area contributed by atoms with E-state index >= 15 is 0 Å². The Morgan fingerprint density at radius 3 is 2.52 bits per heavy atom. The number of furan rings is 1. The van der Waals surface area contributed by atoms with Crippen molar-refractivity contribution in [2.75, 3.05) is 0 Å². The number of hydrogen-bond acceptors (Lipinski definition) is 2. The molecule has 0 aliphatic heterocycles. The van der Waals surface area contributed by atoms with E-state index in [2.05, 4.69) is 5.32 Å². The van der Waals surface area contributed by atoms with Crippen LogP contribution in [0.2, 0.25) is 0 Å². The maximum absolute atomic E-state index is 12.9. The van der Waals surface area contributed by atoms with Crippen LogP contribution in [0.25, 0.3) is 5.57 Å². The van der Waals surface area contributed by atoms with Crippen molar-refractivity contribution in [1.29, 1.82) is 0 Å². The summed E-state index contributed by atoms with van der Waals surface area (Å²) in [5.41, 5.74) is 2.57. The van der Waals surface area contributed by atoms with Crippen LogP contribution in [-0.2, 0) is 11.3 Å². The SMILES string of the molecule is C/C(=C/C(=O)NCc1cc(C)oc1C)c1ccc(F)cc1. The molecule has 0 unspecified atom stereocenters. The molecule has 0 spiro atoms. The summed E-state index contributed by atoms with van der Waals surface area (Å²) in [6, 6.07) is 7.96. The molecular weight excluding hydrogens is 269 g/mol. The second-order valence-corrected chi connectivity index (χ2v) is 4.99. The Balaban J connectivity index is 1.98. The first-order chi connectivity index (χ1) is 9.95. The molecule has 3 nitrogen and oxygen atoms in total. The van der Waals surface area contributed by atoms with E-state index in [1.165, 1.54) is 18.2 Å². The van der Waals surface area contributed by atoms with E-state index < -0.39 is 0 Å². The maximum Gasteiger partial charge on any atom is 0.244 e. The molecule has 1 N–H and O–H groups in total. The third-order valence-electron chi connectivity index (χ3n) is 3.24. The summed E-state index contributed by atoms with van der Waals surface area (Å²) in [6.45, 7) is 5.99. The number of aryl methyl sites for hydroxylation is 2. The summed E-state index contributed by atoms with van der Waals surface area (Å²) < 4.78 is 18.3. The normalized spacial score (nSPS) is 11.5. The summed E-state index contributed by atoms with van der Waals surface area (Å²) in [6.07, 6.45) is 1.51. The molecule has 1 aromatic carbocycles. The molecule has 0 bridgehead atoms. The fourth-order valence-electron chi connectivity index (χ4n) is 2.09. The first-order valence-corrected chi connectivity index (χ1v) is 6.73. The summed E-state index contributed by atoms with van der Waals surface area (Å²) in [7, 11) is 0. The lowest BCUT2D eigenvalue weighted by atomic mass is 10.1. The van der Waals surface area contributed by atoms with Gasteiger partial charge in [-0.05, 0) is 50.1 Å². The van der Waals surface area contributed by atoms with E-state index in [4.69, 9.17) is 4.42 Å². The van der Waals surface area contributed by atoms with E-state index in [0.29, 0.717) is 6.54 Å². The van der Waals surface area contributed by atoms with Crippen molar-refractivity contribution in [1.82, 2.24) is 5.32 Å². The molecule has 110 valence electrons. The van der Waals surface area contributed by atoms with Gasteiger partial charge >= 0.3 is 0 Å². The van der Waals surface area contributed by atoms with Crippen LogP contribution in [-0.4, -0.2) is 5.91 Å². The van der Waals surface area contributed by atoms with Gasteiger partial charge in [0.15, 0.2) is 0 Å². The largest absolute Gasteiger partial charge is 0.466 e. The van der Waals surface area contributed by atoms with E-state index in [9.17, 15) is 9.18 Å². The zero-order valence-corrected chi connectivity index (χ0v) is 12.4. The molecule has 1 aromatic heterocycles. The highest BCUT2D eigenvalue weighted by molar-refractivity contribution is 5.94. The molecule has 0 atom stereocenters. The third kappa shape index (κ3) is 4.05. The van der Waals surface area contributed by atoms with Gasteiger partial charge in [0.1, 0.15) is 17.3 Å². The second kappa shape index (κ2) is 6.39. The first kappa shape index (κ1) is 15.0. The minimum Gasteiger partial charge on any atom is -0.466 e. The Morgan fingerprint density at radius 1 is 1.29 bits per heavy atom. The fourth-order valence-corrected chi connectivity index (χ4v) is 2.09. The minimum atomic E-state index is -0.290. The fraction of sp³-hybridized carbons (Fsp3) is 0.235. The number of carbonyl (C=O) groups is 1. The Hall–Kier alpha value is -2.36. The molecule has 0 radical (unpaired) electrons. The van der Waals surface area contributed by atoms with Crippen molar-refractivity contribution in [2.45, 2.75) is 27.3 Å². The summed E-state index contributed by atoms with van der Waals surface area (Å²) in [4.78, 5) is 11.9. The van der Waals surface area contributed by atoms with Crippen molar-refractivity contribution in [2.24, 2.45) is 0 Å². The Labute approximate surface area is 123 Å². The lowest BCUT2D eigenvalue weighted by Gasteiger charge is -2.04. The highest BCUT2D eigenvalue weighted by Crippen LogP contribution is 2.15. The third-order valence-corrected chi connectivity index (χ3v) is 3.24. The number of nitrogens with one attached hydrogen (secondary N) is 1. The molecular formula is C17H18FNO2. The summed E-state index contributed by atoms with van der Waals surface area (Å²) >= 11 is 0. The van der Waals surface area contributed by atoms with Crippen LogP contribution in [0, 0.1) is 19.7 Å². The van der Waals surface area contributed by atoms with Gasteiger partial charge < -0.3 is 9.73 Å². The van der Waals surface area contributed by atoms with Crippen LogP contribution in [0.1, 0.15) is 29.6 Å². The van der Waals surface area contributed by atoms with Crippen LogP contribution in [0.4, 0.5) is 4.39 Å². The van der Waals surface area contributed by atoms with Crippen LogP contribution in [0.5, 0.6) is 0 Å². The van der Waals surface area contributed by atoms with Crippen molar-refractivity contribution in [3.63, 3.8) is 0 Å². The number of amides is 1.